The molecule has 0 saturated heterocycles. The molecular formula is C12H15N5O2S. The molecule has 1 aliphatic carbocycles. The van der Waals surface area contributed by atoms with Crippen molar-refractivity contribution in [3.63, 3.8) is 0 Å². The SMILES string of the molecule is CNc1snc(C)c1C(=O)OCc1nncn1C1CC1. The molecule has 2 aromatic rings. The van der Waals surface area contributed by atoms with Crippen LogP contribution in [-0.4, -0.2) is 32.2 Å². The maximum atomic E-state index is 12.1. The molecule has 8 heteroatoms. The van der Waals surface area contributed by atoms with E-state index in [1.54, 1.807) is 20.3 Å². The summed E-state index contributed by atoms with van der Waals surface area (Å²) in [5.74, 6) is 0.304. The van der Waals surface area contributed by atoms with Crippen molar-refractivity contribution in [1.29, 1.82) is 0 Å². The second-order valence-corrected chi connectivity index (χ2v) is 5.46. The maximum absolute atomic E-state index is 12.1. The van der Waals surface area contributed by atoms with Gasteiger partial charge in [-0.05, 0) is 31.3 Å². The highest BCUT2D eigenvalue weighted by Crippen LogP contribution is 2.35. The van der Waals surface area contributed by atoms with Gasteiger partial charge in [-0.1, -0.05) is 0 Å². The van der Waals surface area contributed by atoms with Gasteiger partial charge in [0.2, 0.25) is 0 Å². The zero-order valence-electron chi connectivity index (χ0n) is 11.3. The highest BCUT2D eigenvalue weighted by Gasteiger charge is 2.27. The first-order valence-electron chi connectivity index (χ1n) is 6.40. The molecule has 1 aliphatic rings. The summed E-state index contributed by atoms with van der Waals surface area (Å²) in [6.07, 6.45) is 3.96. The van der Waals surface area contributed by atoms with E-state index in [0.717, 1.165) is 17.8 Å². The summed E-state index contributed by atoms with van der Waals surface area (Å²) < 4.78 is 11.5. The molecule has 1 fully saturated rings. The Bertz CT molecular complexity index is 632. The van der Waals surface area contributed by atoms with Crippen molar-refractivity contribution in [3.05, 3.63) is 23.4 Å². The number of nitrogens with zero attached hydrogens (tertiary/aromatic N) is 4. The smallest absolute Gasteiger partial charge is 0.343 e. The third kappa shape index (κ3) is 2.38. The van der Waals surface area contributed by atoms with E-state index >= 15 is 0 Å². The lowest BCUT2D eigenvalue weighted by Gasteiger charge is -2.07. The summed E-state index contributed by atoms with van der Waals surface area (Å²) in [7, 11) is 1.76. The topological polar surface area (TPSA) is 81.9 Å². The van der Waals surface area contributed by atoms with E-state index in [1.807, 2.05) is 4.57 Å². The van der Waals surface area contributed by atoms with Crippen LogP contribution in [0.4, 0.5) is 5.00 Å². The Labute approximate surface area is 120 Å². The van der Waals surface area contributed by atoms with Crippen LogP contribution in [0.3, 0.4) is 0 Å². The maximum Gasteiger partial charge on any atom is 0.343 e. The van der Waals surface area contributed by atoms with Gasteiger partial charge >= 0.3 is 5.97 Å². The summed E-state index contributed by atoms with van der Waals surface area (Å²) in [4.78, 5) is 12.1. The fourth-order valence-electron chi connectivity index (χ4n) is 2.01. The number of ether oxygens (including phenoxy) is 1. The number of nitrogens with one attached hydrogen (secondary N) is 1. The molecule has 0 unspecified atom stereocenters. The van der Waals surface area contributed by atoms with Gasteiger partial charge in [-0.2, -0.15) is 4.37 Å². The van der Waals surface area contributed by atoms with Gasteiger partial charge in [0.25, 0.3) is 0 Å². The zero-order valence-corrected chi connectivity index (χ0v) is 12.1. The Morgan fingerprint density at radius 1 is 1.60 bits per heavy atom. The second kappa shape index (κ2) is 5.20. The Balaban J connectivity index is 1.70. The van der Waals surface area contributed by atoms with Crippen LogP contribution in [0.2, 0.25) is 0 Å². The second-order valence-electron chi connectivity index (χ2n) is 4.68. The lowest BCUT2D eigenvalue weighted by molar-refractivity contribution is 0.0458. The van der Waals surface area contributed by atoms with E-state index < -0.39 is 0 Å². The molecule has 2 heterocycles. The Kier molecular flexibility index (Phi) is 3.39. The number of aryl methyl sites for hydroxylation is 1. The fourth-order valence-corrected chi connectivity index (χ4v) is 2.74. The molecular weight excluding hydrogens is 278 g/mol. The van der Waals surface area contributed by atoms with Crippen molar-refractivity contribution in [3.8, 4) is 0 Å². The average Bonchev–Trinajstić information content (AvgIpc) is 3.06. The fraction of sp³-hybridized carbons (Fsp3) is 0.500. The first-order valence-corrected chi connectivity index (χ1v) is 7.17. The molecule has 1 saturated carbocycles. The van der Waals surface area contributed by atoms with Crippen molar-refractivity contribution in [2.45, 2.75) is 32.4 Å². The lowest BCUT2D eigenvalue weighted by atomic mass is 10.2. The van der Waals surface area contributed by atoms with E-state index in [1.165, 1.54) is 11.5 Å². The van der Waals surface area contributed by atoms with Crippen molar-refractivity contribution in [1.82, 2.24) is 19.1 Å². The van der Waals surface area contributed by atoms with Gasteiger partial charge in [-0.25, -0.2) is 4.79 Å². The standard InChI is InChI=1S/C12H15N5O2S/c1-7-10(11(13-2)20-16-7)12(18)19-5-9-15-14-6-17(9)8-3-4-8/h6,8,13H,3-5H2,1-2H3. The first kappa shape index (κ1) is 13.0. The molecule has 0 spiro atoms. The van der Waals surface area contributed by atoms with Crippen LogP contribution >= 0.6 is 11.5 Å². The highest BCUT2D eigenvalue weighted by molar-refractivity contribution is 7.10. The summed E-state index contributed by atoms with van der Waals surface area (Å²) in [6.45, 7) is 1.93. The van der Waals surface area contributed by atoms with Gasteiger partial charge in [0.15, 0.2) is 12.4 Å². The summed E-state index contributed by atoms with van der Waals surface area (Å²) >= 11 is 1.25. The van der Waals surface area contributed by atoms with Crippen LogP contribution in [0.5, 0.6) is 0 Å². The number of rotatable bonds is 5. The minimum absolute atomic E-state index is 0.133. The van der Waals surface area contributed by atoms with Crippen molar-refractivity contribution in [2.24, 2.45) is 0 Å². The number of hydrogen-bond acceptors (Lipinski definition) is 7. The lowest BCUT2D eigenvalue weighted by Crippen LogP contribution is -2.11. The molecule has 0 radical (unpaired) electrons. The van der Waals surface area contributed by atoms with Gasteiger partial charge in [-0.3, -0.25) is 0 Å². The number of carbonyl (C=O) groups excluding carboxylic acids is 1. The third-order valence-electron chi connectivity index (χ3n) is 3.21. The monoisotopic (exact) mass is 293 g/mol. The van der Waals surface area contributed by atoms with Crippen LogP contribution in [0.25, 0.3) is 0 Å². The third-order valence-corrected chi connectivity index (χ3v) is 4.17. The Morgan fingerprint density at radius 2 is 2.40 bits per heavy atom. The molecule has 1 N–H and O–H groups in total. The van der Waals surface area contributed by atoms with Crippen LogP contribution in [-0.2, 0) is 11.3 Å². The number of anilines is 1. The van der Waals surface area contributed by atoms with Crippen molar-refractivity contribution >= 4 is 22.5 Å². The Morgan fingerprint density at radius 3 is 3.10 bits per heavy atom. The number of hydrogen-bond donors (Lipinski definition) is 1. The van der Waals surface area contributed by atoms with Gasteiger partial charge in [0.05, 0.1) is 5.69 Å². The molecule has 106 valence electrons. The van der Waals surface area contributed by atoms with E-state index in [4.69, 9.17) is 4.74 Å². The minimum Gasteiger partial charge on any atom is -0.454 e. The van der Waals surface area contributed by atoms with Gasteiger partial charge in [-0.15, -0.1) is 10.2 Å². The molecule has 0 aromatic carbocycles. The molecule has 3 rings (SSSR count). The van der Waals surface area contributed by atoms with Crippen LogP contribution < -0.4 is 5.32 Å². The van der Waals surface area contributed by atoms with E-state index in [0.29, 0.717) is 23.1 Å². The van der Waals surface area contributed by atoms with Crippen LogP contribution in [0, 0.1) is 6.92 Å². The van der Waals surface area contributed by atoms with Crippen molar-refractivity contribution < 1.29 is 9.53 Å². The predicted octanol–water partition coefficient (Wildman–Crippen LogP) is 1.78. The van der Waals surface area contributed by atoms with Crippen molar-refractivity contribution in [2.75, 3.05) is 12.4 Å². The number of esters is 1. The molecule has 0 aliphatic heterocycles. The summed E-state index contributed by atoms with van der Waals surface area (Å²) in [5, 5.41) is 11.5. The Hall–Kier alpha value is -1.96. The molecule has 2 aromatic heterocycles. The highest BCUT2D eigenvalue weighted by atomic mass is 32.1. The van der Waals surface area contributed by atoms with Gasteiger partial charge < -0.3 is 14.6 Å². The van der Waals surface area contributed by atoms with E-state index in [-0.39, 0.29) is 12.6 Å². The van der Waals surface area contributed by atoms with Crippen LogP contribution in [0.15, 0.2) is 6.33 Å². The summed E-state index contributed by atoms with van der Waals surface area (Å²) in [6, 6.07) is 0.469. The summed E-state index contributed by atoms with van der Waals surface area (Å²) in [5.41, 5.74) is 1.17. The zero-order chi connectivity index (χ0) is 14.1. The van der Waals surface area contributed by atoms with Gasteiger partial charge in [0.1, 0.15) is 16.9 Å². The first-order chi connectivity index (χ1) is 9.70. The molecule has 0 bridgehead atoms. The predicted molar refractivity (Wildman–Crippen MR) is 73.8 cm³/mol. The molecule has 7 nitrogen and oxygen atoms in total. The molecule has 20 heavy (non-hydrogen) atoms. The normalized spacial score (nSPS) is 14.3. The van der Waals surface area contributed by atoms with E-state index in [2.05, 4.69) is 19.9 Å². The van der Waals surface area contributed by atoms with Gasteiger partial charge in [0, 0.05) is 13.1 Å². The van der Waals surface area contributed by atoms with Crippen LogP contribution in [0.1, 0.15) is 40.8 Å². The number of aromatic nitrogens is 4. The van der Waals surface area contributed by atoms with E-state index in [9.17, 15) is 4.79 Å². The number of carbonyl (C=O) groups is 1. The minimum atomic E-state index is -0.383. The average molecular weight is 293 g/mol. The largest absolute Gasteiger partial charge is 0.454 e. The molecule has 0 amide bonds. The molecule has 0 atom stereocenters. The quantitative estimate of drug-likeness (QED) is 0.846.